The molecule has 5 heteroatoms. The Bertz CT molecular complexity index is 320. The van der Waals surface area contributed by atoms with E-state index < -0.39 is 0 Å². The summed E-state index contributed by atoms with van der Waals surface area (Å²) in [6.45, 7) is 3.57. The number of thiazole rings is 1. The first-order chi connectivity index (χ1) is 7.27. The van der Waals surface area contributed by atoms with Gasteiger partial charge in [-0.25, -0.2) is 4.98 Å². The van der Waals surface area contributed by atoms with Crippen molar-refractivity contribution in [3.8, 4) is 0 Å². The molecule has 0 spiro atoms. The van der Waals surface area contributed by atoms with Crippen molar-refractivity contribution in [2.45, 2.75) is 19.4 Å². The van der Waals surface area contributed by atoms with Crippen molar-refractivity contribution < 1.29 is 9.53 Å². The van der Waals surface area contributed by atoms with Crippen LogP contribution in [0, 0.1) is 5.92 Å². The lowest BCUT2D eigenvalue weighted by Crippen LogP contribution is -2.38. The van der Waals surface area contributed by atoms with Gasteiger partial charge in [0.05, 0.1) is 12.1 Å². The Morgan fingerprint density at radius 1 is 1.80 bits per heavy atom. The molecule has 82 valence electrons. The van der Waals surface area contributed by atoms with Crippen LogP contribution in [0.4, 0.5) is 0 Å². The van der Waals surface area contributed by atoms with Crippen LogP contribution in [-0.4, -0.2) is 30.1 Å². The van der Waals surface area contributed by atoms with E-state index in [1.165, 1.54) is 11.3 Å². The molecule has 1 amide bonds. The van der Waals surface area contributed by atoms with Crippen LogP contribution < -0.4 is 5.32 Å². The van der Waals surface area contributed by atoms with Gasteiger partial charge < -0.3 is 10.1 Å². The summed E-state index contributed by atoms with van der Waals surface area (Å²) < 4.78 is 5.29. The predicted octanol–water partition coefficient (Wildman–Crippen LogP) is 1.30. The summed E-state index contributed by atoms with van der Waals surface area (Å²) in [5, 5.41) is 4.71. The Morgan fingerprint density at radius 2 is 2.67 bits per heavy atom. The second kappa shape index (κ2) is 4.72. The summed E-state index contributed by atoms with van der Waals surface area (Å²) in [5.41, 5.74) is 2.17. The van der Waals surface area contributed by atoms with Crippen LogP contribution in [0.5, 0.6) is 0 Å². The molecule has 0 aromatic carbocycles. The van der Waals surface area contributed by atoms with Gasteiger partial charge in [0, 0.05) is 23.9 Å². The lowest BCUT2D eigenvalue weighted by Gasteiger charge is -2.18. The molecule has 15 heavy (non-hydrogen) atoms. The third kappa shape index (κ3) is 2.54. The van der Waals surface area contributed by atoms with E-state index in [-0.39, 0.29) is 11.9 Å². The smallest absolute Gasteiger partial charge is 0.270 e. The second-order valence-corrected chi connectivity index (χ2v) is 4.48. The Balaban J connectivity index is 1.88. The summed E-state index contributed by atoms with van der Waals surface area (Å²) in [5.74, 6) is 0.350. The average Bonchev–Trinajstić information content (AvgIpc) is 2.91. The van der Waals surface area contributed by atoms with Gasteiger partial charge in [-0.1, -0.05) is 0 Å². The molecule has 1 aliphatic heterocycles. The lowest BCUT2D eigenvalue weighted by molar-refractivity contribution is 0.0918. The van der Waals surface area contributed by atoms with Crippen LogP contribution in [0.1, 0.15) is 23.8 Å². The molecular formula is C10H14N2O2S. The molecule has 2 atom stereocenters. The van der Waals surface area contributed by atoms with Gasteiger partial charge in [-0.3, -0.25) is 4.79 Å². The summed E-state index contributed by atoms with van der Waals surface area (Å²) >= 11 is 1.43. The number of carbonyl (C=O) groups excluding carboxylic acids is 1. The number of nitrogens with zero attached hydrogens (tertiary/aromatic N) is 1. The molecule has 1 aromatic heterocycles. The second-order valence-electron chi connectivity index (χ2n) is 3.76. The maximum atomic E-state index is 11.7. The van der Waals surface area contributed by atoms with Crippen molar-refractivity contribution in [3.63, 3.8) is 0 Å². The van der Waals surface area contributed by atoms with Crippen LogP contribution in [0.15, 0.2) is 10.9 Å². The van der Waals surface area contributed by atoms with Crippen LogP contribution >= 0.6 is 11.3 Å². The van der Waals surface area contributed by atoms with Gasteiger partial charge in [0.25, 0.3) is 5.91 Å². The van der Waals surface area contributed by atoms with E-state index in [9.17, 15) is 4.79 Å². The fourth-order valence-electron chi connectivity index (χ4n) is 1.67. The van der Waals surface area contributed by atoms with Gasteiger partial charge in [0.15, 0.2) is 0 Å². The lowest BCUT2D eigenvalue weighted by atomic mass is 10.0. The van der Waals surface area contributed by atoms with Gasteiger partial charge in [0.1, 0.15) is 5.69 Å². The zero-order valence-corrected chi connectivity index (χ0v) is 9.42. The third-order valence-electron chi connectivity index (χ3n) is 2.70. The number of carbonyl (C=O) groups is 1. The van der Waals surface area contributed by atoms with Gasteiger partial charge in [-0.15, -0.1) is 11.3 Å². The molecule has 0 saturated carbocycles. The summed E-state index contributed by atoms with van der Waals surface area (Å²) in [7, 11) is 0. The first-order valence-corrected chi connectivity index (χ1v) is 5.98. The van der Waals surface area contributed by atoms with Crippen molar-refractivity contribution in [2.75, 3.05) is 13.2 Å². The zero-order valence-electron chi connectivity index (χ0n) is 8.60. The van der Waals surface area contributed by atoms with E-state index in [1.807, 2.05) is 6.92 Å². The summed E-state index contributed by atoms with van der Waals surface area (Å²) in [6, 6.07) is 0.154. The molecule has 2 unspecified atom stereocenters. The molecule has 2 rings (SSSR count). The third-order valence-corrected chi connectivity index (χ3v) is 3.28. The summed E-state index contributed by atoms with van der Waals surface area (Å²) in [4.78, 5) is 15.6. The summed E-state index contributed by atoms with van der Waals surface area (Å²) in [6.07, 6.45) is 1.03. The number of ether oxygens (including phenoxy) is 1. The van der Waals surface area contributed by atoms with E-state index in [4.69, 9.17) is 4.74 Å². The van der Waals surface area contributed by atoms with Gasteiger partial charge in [0.2, 0.25) is 0 Å². The molecule has 1 fully saturated rings. The molecule has 0 bridgehead atoms. The van der Waals surface area contributed by atoms with Gasteiger partial charge in [-0.05, 0) is 13.3 Å². The first-order valence-electron chi connectivity index (χ1n) is 5.04. The number of hydrogen-bond acceptors (Lipinski definition) is 4. The number of nitrogens with one attached hydrogen (secondary N) is 1. The van der Waals surface area contributed by atoms with Crippen LogP contribution in [0.3, 0.4) is 0 Å². The Labute approximate surface area is 92.7 Å². The monoisotopic (exact) mass is 226 g/mol. The highest BCUT2D eigenvalue weighted by atomic mass is 32.1. The molecule has 2 heterocycles. The molecular weight excluding hydrogens is 212 g/mol. The van der Waals surface area contributed by atoms with Crippen LogP contribution in [0.2, 0.25) is 0 Å². The van der Waals surface area contributed by atoms with Crippen LogP contribution in [0.25, 0.3) is 0 Å². The molecule has 4 nitrogen and oxygen atoms in total. The van der Waals surface area contributed by atoms with Gasteiger partial charge in [-0.2, -0.15) is 0 Å². The van der Waals surface area contributed by atoms with Crippen molar-refractivity contribution in [1.82, 2.24) is 10.3 Å². The predicted molar refractivity (Wildman–Crippen MR) is 58.0 cm³/mol. The highest BCUT2D eigenvalue weighted by molar-refractivity contribution is 7.07. The van der Waals surface area contributed by atoms with E-state index >= 15 is 0 Å². The largest absolute Gasteiger partial charge is 0.381 e. The SMILES string of the molecule is CC(NC(=O)c1cscn1)C1CCOC1. The van der Waals surface area contributed by atoms with Crippen molar-refractivity contribution >= 4 is 17.2 Å². The molecule has 1 N–H and O–H groups in total. The van der Waals surface area contributed by atoms with Crippen molar-refractivity contribution in [2.24, 2.45) is 5.92 Å². The number of hydrogen-bond donors (Lipinski definition) is 1. The number of amides is 1. The fourth-order valence-corrected chi connectivity index (χ4v) is 2.20. The average molecular weight is 226 g/mol. The Hall–Kier alpha value is -0.940. The van der Waals surface area contributed by atoms with Crippen LogP contribution in [-0.2, 0) is 4.74 Å². The minimum absolute atomic E-state index is 0.0874. The highest BCUT2D eigenvalue weighted by Crippen LogP contribution is 2.16. The highest BCUT2D eigenvalue weighted by Gasteiger charge is 2.24. The van der Waals surface area contributed by atoms with Crippen molar-refractivity contribution in [3.05, 3.63) is 16.6 Å². The molecule has 1 saturated heterocycles. The molecule has 0 aliphatic carbocycles. The topological polar surface area (TPSA) is 51.2 Å². The molecule has 0 radical (unpaired) electrons. The first kappa shape index (κ1) is 10.6. The van der Waals surface area contributed by atoms with Crippen molar-refractivity contribution in [1.29, 1.82) is 0 Å². The molecule has 1 aliphatic rings. The number of rotatable bonds is 3. The Morgan fingerprint density at radius 3 is 3.27 bits per heavy atom. The normalized spacial score (nSPS) is 22.6. The minimum Gasteiger partial charge on any atom is -0.381 e. The fraction of sp³-hybridized carbons (Fsp3) is 0.600. The van der Waals surface area contributed by atoms with Gasteiger partial charge >= 0.3 is 0 Å². The Kier molecular flexibility index (Phi) is 3.33. The minimum atomic E-state index is -0.0874. The number of aromatic nitrogens is 1. The molecule has 1 aromatic rings. The van der Waals surface area contributed by atoms with E-state index in [1.54, 1.807) is 10.9 Å². The quantitative estimate of drug-likeness (QED) is 0.845. The standard InChI is InChI=1S/C10H14N2O2S/c1-7(8-2-3-14-4-8)12-10(13)9-5-15-6-11-9/h5-8H,2-4H2,1H3,(H,12,13). The van der Waals surface area contributed by atoms with E-state index in [2.05, 4.69) is 10.3 Å². The maximum absolute atomic E-state index is 11.7. The maximum Gasteiger partial charge on any atom is 0.270 e. The van der Waals surface area contributed by atoms with E-state index in [0.29, 0.717) is 11.6 Å². The van der Waals surface area contributed by atoms with E-state index in [0.717, 1.165) is 19.6 Å². The zero-order chi connectivity index (χ0) is 10.7.